The monoisotopic (exact) mass is 351 g/mol. The first kappa shape index (κ1) is 16.9. The Morgan fingerprint density at radius 3 is 2.65 bits per heavy atom. The van der Waals surface area contributed by atoms with Gasteiger partial charge in [-0.1, -0.05) is 24.3 Å². The summed E-state index contributed by atoms with van der Waals surface area (Å²) >= 11 is 0. The van der Waals surface area contributed by atoms with Crippen LogP contribution in [0, 0.1) is 12.7 Å². The van der Waals surface area contributed by atoms with Crippen molar-refractivity contribution >= 4 is 0 Å². The van der Waals surface area contributed by atoms with Gasteiger partial charge in [0.25, 0.3) is 0 Å². The van der Waals surface area contributed by atoms with Gasteiger partial charge in [-0.05, 0) is 36.8 Å². The van der Waals surface area contributed by atoms with Crippen molar-refractivity contribution in [3.05, 3.63) is 71.7 Å². The molecule has 0 N–H and O–H groups in total. The molecule has 134 valence electrons. The van der Waals surface area contributed by atoms with E-state index in [1.807, 2.05) is 22.9 Å². The minimum atomic E-state index is -0.245. The normalized spacial score (nSPS) is 15.3. The van der Waals surface area contributed by atoms with Gasteiger partial charge >= 0.3 is 0 Å². The van der Waals surface area contributed by atoms with Crippen LogP contribution in [-0.4, -0.2) is 41.0 Å². The van der Waals surface area contributed by atoms with Crippen LogP contribution < -0.4 is 0 Å². The Hall–Kier alpha value is -2.50. The summed E-state index contributed by atoms with van der Waals surface area (Å²) in [4.78, 5) is 2.35. The van der Waals surface area contributed by atoms with E-state index in [2.05, 4.69) is 30.2 Å². The van der Waals surface area contributed by atoms with Crippen molar-refractivity contribution in [1.82, 2.24) is 14.7 Å². The SMILES string of the molecule is Cc1cccc(-n2cc(CN3CCOCC3)c(-c3cccc(F)c3)n2)c1. The van der Waals surface area contributed by atoms with Crippen LogP contribution >= 0.6 is 0 Å². The van der Waals surface area contributed by atoms with Gasteiger partial charge in [0.1, 0.15) is 5.82 Å². The van der Waals surface area contributed by atoms with Crippen molar-refractivity contribution in [3.63, 3.8) is 0 Å². The summed E-state index contributed by atoms with van der Waals surface area (Å²) in [5, 5.41) is 4.79. The summed E-state index contributed by atoms with van der Waals surface area (Å²) < 4.78 is 21.1. The van der Waals surface area contributed by atoms with Gasteiger partial charge in [0.2, 0.25) is 0 Å². The van der Waals surface area contributed by atoms with Crippen molar-refractivity contribution < 1.29 is 9.13 Å². The van der Waals surface area contributed by atoms with E-state index in [1.54, 1.807) is 12.1 Å². The molecule has 4 rings (SSSR count). The second kappa shape index (κ2) is 7.40. The van der Waals surface area contributed by atoms with E-state index in [-0.39, 0.29) is 5.82 Å². The van der Waals surface area contributed by atoms with Crippen LogP contribution in [0.2, 0.25) is 0 Å². The second-order valence-corrected chi connectivity index (χ2v) is 6.69. The van der Waals surface area contributed by atoms with Crippen LogP contribution in [0.3, 0.4) is 0 Å². The summed E-state index contributed by atoms with van der Waals surface area (Å²) in [7, 11) is 0. The van der Waals surface area contributed by atoms with Crippen molar-refractivity contribution in [3.8, 4) is 16.9 Å². The second-order valence-electron chi connectivity index (χ2n) is 6.69. The molecule has 0 unspecified atom stereocenters. The average Bonchev–Trinajstić information content (AvgIpc) is 3.06. The van der Waals surface area contributed by atoms with Crippen molar-refractivity contribution in [2.45, 2.75) is 13.5 Å². The highest BCUT2D eigenvalue weighted by Gasteiger charge is 2.17. The number of morpholine rings is 1. The zero-order chi connectivity index (χ0) is 17.9. The van der Waals surface area contributed by atoms with Crippen LogP contribution in [0.4, 0.5) is 4.39 Å². The van der Waals surface area contributed by atoms with Gasteiger partial charge in [-0.2, -0.15) is 5.10 Å². The molecule has 0 saturated carbocycles. The van der Waals surface area contributed by atoms with Gasteiger partial charge in [0.05, 0.1) is 24.6 Å². The molecule has 0 bridgehead atoms. The molecule has 1 fully saturated rings. The van der Waals surface area contributed by atoms with E-state index in [0.717, 1.165) is 55.4 Å². The summed E-state index contributed by atoms with van der Waals surface area (Å²) in [5.41, 5.74) is 4.92. The van der Waals surface area contributed by atoms with Gasteiger partial charge in [0.15, 0.2) is 0 Å². The van der Waals surface area contributed by atoms with Crippen LogP contribution in [0.5, 0.6) is 0 Å². The maximum atomic E-state index is 13.8. The number of hydrogen-bond acceptors (Lipinski definition) is 3. The molecular formula is C21H22FN3O. The molecule has 2 aromatic carbocycles. The number of halogens is 1. The zero-order valence-electron chi connectivity index (χ0n) is 14.9. The van der Waals surface area contributed by atoms with Gasteiger partial charge in [-0.25, -0.2) is 9.07 Å². The maximum absolute atomic E-state index is 13.8. The standard InChI is InChI=1S/C21H22FN3O/c1-16-4-2-7-20(12-16)25-15-18(14-24-8-10-26-11-9-24)21(23-25)17-5-3-6-19(22)13-17/h2-7,12-13,15H,8-11,14H2,1H3. The highest BCUT2D eigenvalue weighted by molar-refractivity contribution is 5.63. The lowest BCUT2D eigenvalue weighted by molar-refractivity contribution is 0.0342. The molecule has 0 radical (unpaired) electrons. The minimum absolute atomic E-state index is 0.245. The lowest BCUT2D eigenvalue weighted by Gasteiger charge is -2.26. The highest BCUT2D eigenvalue weighted by atomic mass is 19.1. The molecule has 2 heterocycles. The molecule has 26 heavy (non-hydrogen) atoms. The fourth-order valence-corrected chi connectivity index (χ4v) is 3.31. The largest absolute Gasteiger partial charge is 0.379 e. The lowest BCUT2D eigenvalue weighted by Crippen LogP contribution is -2.35. The third-order valence-electron chi connectivity index (χ3n) is 4.65. The zero-order valence-corrected chi connectivity index (χ0v) is 14.9. The van der Waals surface area contributed by atoms with E-state index >= 15 is 0 Å². The predicted octanol–water partition coefficient (Wildman–Crippen LogP) is 3.82. The van der Waals surface area contributed by atoms with E-state index in [9.17, 15) is 4.39 Å². The Labute approximate surface area is 152 Å². The number of hydrogen-bond donors (Lipinski definition) is 0. The number of aryl methyl sites for hydroxylation is 1. The van der Waals surface area contributed by atoms with Crippen molar-refractivity contribution in [2.75, 3.05) is 26.3 Å². The Morgan fingerprint density at radius 2 is 1.88 bits per heavy atom. The lowest BCUT2D eigenvalue weighted by atomic mass is 10.1. The van der Waals surface area contributed by atoms with Gasteiger partial charge in [-0.15, -0.1) is 0 Å². The molecule has 1 aliphatic rings. The molecule has 0 atom stereocenters. The summed E-state index contributed by atoms with van der Waals surface area (Å²) in [6.07, 6.45) is 2.06. The summed E-state index contributed by atoms with van der Waals surface area (Å²) in [6.45, 7) is 6.15. The van der Waals surface area contributed by atoms with Gasteiger partial charge < -0.3 is 4.74 Å². The molecule has 1 saturated heterocycles. The Balaban J connectivity index is 1.74. The smallest absolute Gasteiger partial charge is 0.123 e. The fourth-order valence-electron chi connectivity index (χ4n) is 3.31. The molecule has 1 aromatic heterocycles. The van der Waals surface area contributed by atoms with Gasteiger partial charge in [0, 0.05) is 37.0 Å². The molecule has 0 aliphatic carbocycles. The number of aromatic nitrogens is 2. The molecule has 0 amide bonds. The van der Waals surface area contributed by atoms with Crippen molar-refractivity contribution in [2.24, 2.45) is 0 Å². The van der Waals surface area contributed by atoms with Crippen molar-refractivity contribution in [1.29, 1.82) is 0 Å². The molecule has 3 aromatic rings. The van der Waals surface area contributed by atoms with E-state index < -0.39 is 0 Å². The van der Waals surface area contributed by atoms with Crippen LogP contribution in [-0.2, 0) is 11.3 Å². The maximum Gasteiger partial charge on any atom is 0.123 e. The number of nitrogens with zero attached hydrogens (tertiary/aromatic N) is 3. The quantitative estimate of drug-likeness (QED) is 0.716. The van der Waals surface area contributed by atoms with Gasteiger partial charge in [-0.3, -0.25) is 4.90 Å². The third kappa shape index (κ3) is 3.69. The van der Waals surface area contributed by atoms with Crippen LogP contribution in [0.15, 0.2) is 54.7 Å². The number of rotatable bonds is 4. The first-order valence-electron chi connectivity index (χ1n) is 8.91. The first-order chi connectivity index (χ1) is 12.7. The molecule has 1 aliphatic heterocycles. The summed E-state index contributed by atoms with van der Waals surface area (Å²) in [5.74, 6) is -0.245. The Morgan fingerprint density at radius 1 is 1.08 bits per heavy atom. The highest BCUT2D eigenvalue weighted by Crippen LogP contribution is 2.26. The summed E-state index contributed by atoms with van der Waals surface area (Å²) in [6, 6.07) is 14.9. The average molecular weight is 351 g/mol. The topological polar surface area (TPSA) is 30.3 Å². The Bertz CT molecular complexity index is 900. The Kier molecular flexibility index (Phi) is 4.82. The number of ether oxygens (including phenoxy) is 1. The molecule has 5 heteroatoms. The van der Waals surface area contributed by atoms with E-state index in [4.69, 9.17) is 9.84 Å². The predicted molar refractivity (Wildman–Crippen MR) is 99.8 cm³/mol. The third-order valence-corrected chi connectivity index (χ3v) is 4.65. The fraction of sp³-hybridized carbons (Fsp3) is 0.286. The molecule has 4 nitrogen and oxygen atoms in total. The van der Waals surface area contributed by atoms with E-state index in [0.29, 0.717) is 0 Å². The minimum Gasteiger partial charge on any atom is -0.379 e. The van der Waals surface area contributed by atoms with Crippen LogP contribution in [0.1, 0.15) is 11.1 Å². The van der Waals surface area contributed by atoms with Crippen LogP contribution in [0.25, 0.3) is 16.9 Å². The molecule has 0 spiro atoms. The molecular weight excluding hydrogens is 329 g/mol. The number of benzene rings is 2. The first-order valence-corrected chi connectivity index (χ1v) is 8.91. The van der Waals surface area contributed by atoms with E-state index in [1.165, 1.54) is 11.6 Å².